The Morgan fingerprint density at radius 1 is 0.864 bits per heavy atom. The first-order valence-electron chi connectivity index (χ1n) is 7.42. The van der Waals surface area contributed by atoms with Crippen LogP contribution in [0.2, 0.25) is 0 Å². The summed E-state index contributed by atoms with van der Waals surface area (Å²) in [6.45, 7) is 15.2. The Balaban J connectivity index is 2.38. The summed E-state index contributed by atoms with van der Waals surface area (Å²) in [7, 11) is 0. The molecular formula is C17H21N3S2. The second kappa shape index (κ2) is 5.10. The van der Waals surface area contributed by atoms with Crippen LogP contribution in [0.25, 0.3) is 21.6 Å². The third-order valence-electron chi connectivity index (χ3n) is 4.24. The summed E-state index contributed by atoms with van der Waals surface area (Å²) < 4.78 is 9.15. The lowest BCUT2D eigenvalue weighted by molar-refractivity contribution is 0.587. The van der Waals surface area contributed by atoms with E-state index in [1.54, 1.807) is 0 Å². The highest BCUT2D eigenvalue weighted by molar-refractivity contribution is 7.16. The molecule has 0 aliphatic carbocycles. The smallest absolute Gasteiger partial charge is 0.132 e. The summed E-state index contributed by atoms with van der Waals surface area (Å²) in [5.74, 6) is 0. The molecule has 0 aromatic carbocycles. The van der Waals surface area contributed by atoms with Gasteiger partial charge in [0.15, 0.2) is 0 Å². The molecule has 0 aliphatic heterocycles. The zero-order valence-electron chi connectivity index (χ0n) is 14.2. The molecule has 0 amide bonds. The highest BCUT2D eigenvalue weighted by atomic mass is 32.1. The van der Waals surface area contributed by atoms with E-state index in [0.29, 0.717) is 0 Å². The Morgan fingerprint density at radius 3 is 2.05 bits per heavy atom. The average molecular weight is 332 g/mol. The lowest BCUT2D eigenvalue weighted by Crippen LogP contribution is -2.15. The fraction of sp³-hybridized carbons (Fsp3) is 0.471. The van der Waals surface area contributed by atoms with E-state index in [0.717, 1.165) is 22.4 Å². The van der Waals surface area contributed by atoms with Crippen molar-refractivity contribution < 1.29 is 0 Å². The maximum Gasteiger partial charge on any atom is 0.132 e. The molecule has 3 rings (SSSR count). The van der Waals surface area contributed by atoms with Crippen molar-refractivity contribution in [2.24, 2.45) is 0 Å². The van der Waals surface area contributed by atoms with Gasteiger partial charge in [-0.1, -0.05) is 20.8 Å². The summed E-state index contributed by atoms with van der Waals surface area (Å²) in [6, 6.07) is 0. The molecule has 22 heavy (non-hydrogen) atoms. The Labute approximate surface area is 139 Å². The molecule has 3 aromatic rings. The molecule has 116 valence electrons. The van der Waals surface area contributed by atoms with Crippen molar-refractivity contribution in [3.8, 4) is 10.6 Å². The van der Waals surface area contributed by atoms with Crippen LogP contribution in [0.1, 0.15) is 48.0 Å². The topological polar surface area (TPSA) is 38.7 Å². The molecule has 0 unspecified atom stereocenters. The van der Waals surface area contributed by atoms with Gasteiger partial charge in [0, 0.05) is 16.1 Å². The Morgan fingerprint density at radius 2 is 1.50 bits per heavy atom. The number of pyridine rings is 1. The van der Waals surface area contributed by atoms with Gasteiger partial charge >= 0.3 is 0 Å². The van der Waals surface area contributed by atoms with Gasteiger partial charge < -0.3 is 0 Å². The van der Waals surface area contributed by atoms with Gasteiger partial charge in [-0.3, -0.25) is 0 Å². The predicted molar refractivity (Wildman–Crippen MR) is 96.2 cm³/mol. The molecule has 0 bridgehead atoms. The first-order valence-corrected chi connectivity index (χ1v) is 8.96. The maximum atomic E-state index is 4.94. The number of fused-ring (bicyclic) bond motifs is 1. The summed E-state index contributed by atoms with van der Waals surface area (Å²) in [5, 5.41) is 0. The standard InChI is InChI=1S/C17H21N3S2/c1-8-9(2)16(21-11(8)4)15-14-13(19-22-20-14)12(10(3)18-15)17(5,6)7/h1-7H3. The van der Waals surface area contributed by atoms with Gasteiger partial charge in [0.1, 0.15) is 16.7 Å². The normalized spacial score (nSPS) is 12.3. The molecule has 0 radical (unpaired) electrons. The maximum absolute atomic E-state index is 4.94. The number of thiophene rings is 1. The molecule has 3 aromatic heterocycles. The summed E-state index contributed by atoms with van der Waals surface area (Å²) in [5.41, 5.74) is 7.91. The number of nitrogens with zero attached hydrogens (tertiary/aromatic N) is 3. The van der Waals surface area contributed by atoms with E-state index in [2.05, 4.69) is 57.2 Å². The van der Waals surface area contributed by atoms with Crippen LogP contribution < -0.4 is 0 Å². The number of aryl methyl sites for hydroxylation is 2. The van der Waals surface area contributed by atoms with Crippen molar-refractivity contribution in [2.45, 2.75) is 53.9 Å². The molecule has 0 fully saturated rings. The highest BCUT2D eigenvalue weighted by Crippen LogP contribution is 2.40. The number of hydrogen-bond donors (Lipinski definition) is 0. The average Bonchev–Trinajstić information content (AvgIpc) is 2.97. The second-order valence-electron chi connectivity index (χ2n) is 6.87. The SMILES string of the molecule is Cc1nc(-c2sc(C)c(C)c2C)c2nsnc2c1C(C)(C)C. The fourth-order valence-electron chi connectivity index (χ4n) is 2.98. The van der Waals surface area contributed by atoms with Crippen LogP contribution in [-0.4, -0.2) is 13.7 Å². The van der Waals surface area contributed by atoms with Crippen molar-refractivity contribution >= 4 is 34.1 Å². The largest absolute Gasteiger partial charge is 0.249 e. The van der Waals surface area contributed by atoms with Crippen LogP contribution >= 0.6 is 23.1 Å². The van der Waals surface area contributed by atoms with Gasteiger partial charge in [-0.15, -0.1) is 11.3 Å². The Kier molecular flexibility index (Phi) is 3.61. The number of rotatable bonds is 1. The molecule has 3 heterocycles. The molecule has 0 saturated carbocycles. The molecule has 0 atom stereocenters. The summed E-state index contributed by atoms with van der Waals surface area (Å²) in [4.78, 5) is 7.52. The van der Waals surface area contributed by atoms with Gasteiger partial charge in [0.2, 0.25) is 0 Å². The monoisotopic (exact) mass is 331 g/mol. The number of aromatic nitrogens is 3. The van der Waals surface area contributed by atoms with Gasteiger partial charge in [0.25, 0.3) is 0 Å². The van der Waals surface area contributed by atoms with Crippen LogP contribution in [0.5, 0.6) is 0 Å². The minimum absolute atomic E-state index is 0.0138. The highest BCUT2D eigenvalue weighted by Gasteiger charge is 2.26. The van der Waals surface area contributed by atoms with E-state index >= 15 is 0 Å². The zero-order chi connectivity index (χ0) is 16.2. The van der Waals surface area contributed by atoms with Gasteiger partial charge in [-0.25, -0.2) is 4.98 Å². The van der Waals surface area contributed by atoms with Crippen LogP contribution in [0.15, 0.2) is 0 Å². The first kappa shape index (κ1) is 15.6. The van der Waals surface area contributed by atoms with Crippen molar-refractivity contribution in [1.82, 2.24) is 13.7 Å². The Hall–Kier alpha value is -1.33. The van der Waals surface area contributed by atoms with E-state index in [-0.39, 0.29) is 5.41 Å². The van der Waals surface area contributed by atoms with Crippen molar-refractivity contribution in [3.05, 3.63) is 27.3 Å². The van der Waals surface area contributed by atoms with Crippen LogP contribution in [0, 0.1) is 27.7 Å². The van der Waals surface area contributed by atoms with Crippen LogP contribution in [0.3, 0.4) is 0 Å². The lowest BCUT2D eigenvalue weighted by Gasteiger charge is -2.21. The van der Waals surface area contributed by atoms with Crippen LogP contribution in [0.4, 0.5) is 0 Å². The Bertz CT molecular complexity index is 866. The van der Waals surface area contributed by atoms with Crippen molar-refractivity contribution in [1.29, 1.82) is 0 Å². The van der Waals surface area contributed by atoms with Crippen molar-refractivity contribution in [3.63, 3.8) is 0 Å². The van der Waals surface area contributed by atoms with Gasteiger partial charge in [0.05, 0.1) is 16.6 Å². The lowest BCUT2D eigenvalue weighted by atomic mass is 9.84. The molecule has 0 spiro atoms. The van der Waals surface area contributed by atoms with Crippen molar-refractivity contribution in [2.75, 3.05) is 0 Å². The van der Waals surface area contributed by atoms with Gasteiger partial charge in [-0.05, 0) is 44.2 Å². The predicted octanol–water partition coefficient (Wildman–Crippen LogP) is 5.35. The number of hydrogen-bond acceptors (Lipinski definition) is 5. The van der Waals surface area contributed by atoms with E-state index in [1.165, 1.54) is 38.2 Å². The third kappa shape index (κ3) is 2.27. The molecular weight excluding hydrogens is 310 g/mol. The zero-order valence-corrected chi connectivity index (χ0v) is 15.8. The molecule has 5 heteroatoms. The molecule has 0 saturated heterocycles. The summed E-state index contributed by atoms with van der Waals surface area (Å²) >= 11 is 3.09. The first-order chi connectivity index (χ1) is 10.2. The van der Waals surface area contributed by atoms with E-state index in [9.17, 15) is 0 Å². The van der Waals surface area contributed by atoms with E-state index in [1.807, 2.05) is 11.3 Å². The fourth-order valence-corrected chi connectivity index (χ4v) is 4.69. The van der Waals surface area contributed by atoms with E-state index < -0.39 is 0 Å². The van der Waals surface area contributed by atoms with Crippen LogP contribution in [-0.2, 0) is 5.41 Å². The second-order valence-corrected chi connectivity index (χ2v) is 8.62. The quantitative estimate of drug-likeness (QED) is 0.603. The summed E-state index contributed by atoms with van der Waals surface area (Å²) in [6.07, 6.45) is 0. The molecule has 0 aliphatic rings. The third-order valence-corrected chi connectivity index (χ3v) is 6.09. The minimum atomic E-state index is 0.0138. The molecule has 3 nitrogen and oxygen atoms in total. The van der Waals surface area contributed by atoms with Gasteiger partial charge in [-0.2, -0.15) is 8.75 Å². The van der Waals surface area contributed by atoms with E-state index in [4.69, 9.17) is 4.98 Å². The molecule has 0 N–H and O–H groups in total. The minimum Gasteiger partial charge on any atom is -0.249 e.